The van der Waals surface area contributed by atoms with Gasteiger partial charge in [-0.1, -0.05) is 6.07 Å². The van der Waals surface area contributed by atoms with E-state index >= 15 is 0 Å². The number of rotatable bonds is 2. The summed E-state index contributed by atoms with van der Waals surface area (Å²) in [6.07, 6.45) is 4.38. The van der Waals surface area contributed by atoms with Crippen molar-refractivity contribution in [1.29, 1.82) is 0 Å². The van der Waals surface area contributed by atoms with Crippen LogP contribution in [0.5, 0.6) is 0 Å². The van der Waals surface area contributed by atoms with Crippen LogP contribution in [0.2, 0.25) is 0 Å². The highest BCUT2D eigenvalue weighted by Crippen LogP contribution is 2.26. The minimum atomic E-state index is -0.241. The number of nitrogens with zero attached hydrogens (tertiary/aromatic N) is 2. The summed E-state index contributed by atoms with van der Waals surface area (Å²) in [5.74, 6) is -0.241. The molecule has 1 aliphatic carbocycles. The quantitative estimate of drug-likeness (QED) is 0.736. The van der Waals surface area contributed by atoms with Crippen LogP contribution in [0.1, 0.15) is 18.3 Å². The van der Waals surface area contributed by atoms with Crippen molar-refractivity contribution in [1.82, 2.24) is 9.38 Å². The number of aromatic nitrogens is 2. The van der Waals surface area contributed by atoms with Crippen LogP contribution in [0.25, 0.3) is 11.7 Å². The minimum absolute atomic E-state index is 0.241. The molecular weight excluding hydrogens is 216 g/mol. The fourth-order valence-corrected chi connectivity index (χ4v) is 2.11. The molecule has 0 saturated heterocycles. The molecule has 3 rings (SSSR count). The third kappa shape index (κ3) is 1.53. The van der Waals surface area contributed by atoms with Crippen molar-refractivity contribution in [2.24, 2.45) is 0 Å². The van der Waals surface area contributed by atoms with E-state index in [9.17, 15) is 4.79 Å². The molecule has 0 fully saturated rings. The Morgan fingerprint density at radius 1 is 1.53 bits per heavy atom. The Labute approximate surface area is 98.5 Å². The average Bonchev–Trinajstić information content (AvgIpc) is 2.86. The molecule has 2 aromatic heterocycles. The van der Waals surface area contributed by atoms with Crippen LogP contribution in [0.3, 0.4) is 0 Å². The number of hydrogen-bond acceptors (Lipinski definition) is 3. The first-order chi connectivity index (χ1) is 8.29. The van der Waals surface area contributed by atoms with Crippen LogP contribution in [-0.4, -0.2) is 22.0 Å². The van der Waals surface area contributed by atoms with Crippen LogP contribution in [0.4, 0.5) is 0 Å². The number of esters is 1. The second-order valence-corrected chi connectivity index (χ2v) is 3.94. The van der Waals surface area contributed by atoms with Crippen LogP contribution in [0, 0.1) is 0 Å². The molecule has 0 aromatic carbocycles. The van der Waals surface area contributed by atoms with E-state index in [0.717, 1.165) is 17.0 Å². The van der Waals surface area contributed by atoms with Crippen LogP contribution in [-0.2, 0) is 16.0 Å². The molecule has 0 atom stereocenters. The Balaban J connectivity index is 2.00. The number of fused-ring (bicyclic) bond motifs is 3. The second-order valence-electron chi connectivity index (χ2n) is 3.94. The first-order valence-electron chi connectivity index (χ1n) is 5.63. The molecule has 4 nitrogen and oxygen atoms in total. The summed E-state index contributed by atoms with van der Waals surface area (Å²) in [5.41, 5.74) is 3.53. The summed E-state index contributed by atoms with van der Waals surface area (Å²) in [6, 6.07) is 5.86. The van der Waals surface area contributed by atoms with Gasteiger partial charge < -0.3 is 9.14 Å². The SMILES string of the molecule is CCOC(=O)C1=Cc2nc3ccccn3c2C1. The maximum Gasteiger partial charge on any atom is 0.334 e. The highest BCUT2D eigenvalue weighted by molar-refractivity contribution is 5.96. The van der Waals surface area contributed by atoms with E-state index in [1.54, 1.807) is 0 Å². The van der Waals surface area contributed by atoms with Crippen LogP contribution < -0.4 is 0 Å². The van der Waals surface area contributed by atoms with Gasteiger partial charge in [0.05, 0.1) is 18.0 Å². The predicted octanol–water partition coefficient (Wildman–Crippen LogP) is 1.84. The van der Waals surface area contributed by atoms with Gasteiger partial charge in [0.25, 0.3) is 0 Å². The van der Waals surface area contributed by atoms with Gasteiger partial charge >= 0.3 is 5.97 Å². The van der Waals surface area contributed by atoms with E-state index in [1.807, 2.05) is 41.8 Å². The number of imidazole rings is 1. The molecule has 4 heteroatoms. The summed E-state index contributed by atoms with van der Waals surface area (Å²) in [7, 11) is 0. The number of carbonyl (C=O) groups excluding carboxylic acids is 1. The fraction of sp³-hybridized carbons (Fsp3) is 0.231. The molecular formula is C13H12N2O2. The number of hydrogen-bond donors (Lipinski definition) is 0. The molecule has 1 aliphatic rings. The molecule has 2 heterocycles. The van der Waals surface area contributed by atoms with Gasteiger partial charge in [0, 0.05) is 18.2 Å². The molecule has 0 aliphatic heterocycles. The van der Waals surface area contributed by atoms with Gasteiger partial charge in [-0.15, -0.1) is 0 Å². The van der Waals surface area contributed by atoms with Gasteiger partial charge in [0.1, 0.15) is 5.65 Å². The lowest BCUT2D eigenvalue weighted by Crippen LogP contribution is -2.08. The van der Waals surface area contributed by atoms with Crippen molar-refractivity contribution < 1.29 is 9.53 Å². The zero-order chi connectivity index (χ0) is 11.8. The first-order valence-corrected chi connectivity index (χ1v) is 5.63. The summed E-state index contributed by atoms with van der Waals surface area (Å²) >= 11 is 0. The van der Waals surface area contributed by atoms with Gasteiger partial charge in [-0.25, -0.2) is 9.78 Å². The van der Waals surface area contributed by atoms with Crippen LogP contribution in [0.15, 0.2) is 30.0 Å². The zero-order valence-electron chi connectivity index (χ0n) is 9.51. The standard InChI is InChI=1S/C13H12N2O2/c1-2-17-13(16)9-7-10-11(8-9)15-6-4-3-5-12(15)14-10/h3-7H,2,8H2,1H3. The largest absolute Gasteiger partial charge is 0.463 e. The molecule has 0 radical (unpaired) electrons. The normalized spacial score (nSPS) is 13.6. The molecule has 17 heavy (non-hydrogen) atoms. The number of carbonyl (C=O) groups is 1. The van der Waals surface area contributed by atoms with Crippen molar-refractivity contribution in [2.45, 2.75) is 13.3 Å². The molecule has 0 amide bonds. The smallest absolute Gasteiger partial charge is 0.334 e. The Bertz CT molecular complexity index is 625. The van der Waals surface area contributed by atoms with Crippen molar-refractivity contribution in [3.63, 3.8) is 0 Å². The molecule has 0 saturated carbocycles. The van der Waals surface area contributed by atoms with Gasteiger partial charge in [-0.05, 0) is 25.1 Å². The van der Waals surface area contributed by atoms with Gasteiger partial charge in [-0.2, -0.15) is 0 Å². The molecule has 0 unspecified atom stereocenters. The van der Waals surface area contributed by atoms with Crippen molar-refractivity contribution in [2.75, 3.05) is 6.61 Å². The number of pyridine rings is 1. The van der Waals surface area contributed by atoms with Gasteiger partial charge in [-0.3, -0.25) is 0 Å². The highest BCUT2D eigenvalue weighted by Gasteiger charge is 2.23. The lowest BCUT2D eigenvalue weighted by atomic mass is 10.2. The van der Waals surface area contributed by atoms with E-state index in [0.29, 0.717) is 18.6 Å². The predicted molar refractivity (Wildman–Crippen MR) is 63.5 cm³/mol. The zero-order valence-corrected chi connectivity index (χ0v) is 9.51. The molecule has 0 bridgehead atoms. The molecule has 2 aromatic rings. The molecule has 86 valence electrons. The minimum Gasteiger partial charge on any atom is -0.463 e. The van der Waals surface area contributed by atoms with Crippen LogP contribution >= 0.6 is 0 Å². The summed E-state index contributed by atoms with van der Waals surface area (Å²) in [6.45, 7) is 2.21. The first kappa shape index (κ1) is 10.1. The van der Waals surface area contributed by atoms with E-state index in [4.69, 9.17) is 4.74 Å². The lowest BCUT2D eigenvalue weighted by Gasteiger charge is -2.02. The Kier molecular flexibility index (Phi) is 2.21. The highest BCUT2D eigenvalue weighted by atomic mass is 16.5. The number of ether oxygens (including phenoxy) is 1. The third-order valence-corrected chi connectivity index (χ3v) is 2.87. The van der Waals surface area contributed by atoms with Crippen molar-refractivity contribution in [3.05, 3.63) is 41.4 Å². The van der Waals surface area contributed by atoms with E-state index < -0.39 is 0 Å². The van der Waals surface area contributed by atoms with E-state index in [-0.39, 0.29) is 5.97 Å². The van der Waals surface area contributed by atoms with Gasteiger partial charge in [0.2, 0.25) is 0 Å². The summed E-state index contributed by atoms with van der Waals surface area (Å²) in [4.78, 5) is 16.1. The fourth-order valence-electron chi connectivity index (χ4n) is 2.11. The molecule has 0 N–H and O–H groups in total. The van der Waals surface area contributed by atoms with Crippen molar-refractivity contribution in [3.8, 4) is 0 Å². The average molecular weight is 228 g/mol. The monoisotopic (exact) mass is 228 g/mol. The summed E-state index contributed by atoms with van der Waals surface area (Å²) < 4.78 is 7.01. The third-order valence-electron chi connectivity index (χ3n) is 2.87. The second kappa shape index (κ2) is 3.73. The van der Waals surface area contributed by atoms with Gasteiger partial charge in [0.15, 0.2) is 0 Å². The van der Waals surface area contributed by atoms with E-state index in [2.05, 4.69) is 4.98 Å². The van der Waals surface area contributed by atoms with E-state index in [1.165, 1.54) is 0 Å². The lowest BCUT2D eigenvalue weighted by molar-refractivity contribution is -0.138. The summed E-state index contributed by atoms with van der Waals surface area (Å²) in [5, 5.41) is 0. The Morgan fingerprint density at radius 2 is 2.41 bits per heavy atom. The maximum atomic E-state index is 11.6. The topological polar surface area (TPSA) is 43.6 Å². The van der Waals surface area contributed by atoms with Crippen molar-refractivity contribution >= 4 is 17.7 Å². The molecule has 0 spiro atoms. The Hall–Kier alpha value is -2.10. The maximum absolute atomic E-state index is 11.6. The Morgan fingerprint density at radius 3 is 3.24 bits per heavy atom.